The van der Waals surface area contributed by atoms with Crippen molar-refractivity contribution >= 4 is 39.9 Å². The molecule has 2 aromatic heterocycles. The number of halogens is 2. The zero-order valence-corrected chi connectivity index (χ0v) is 18.5. The fourth-order valence-electron chi connectivity index (χ4n) is 3.61. The standard InChI is InChI=1S/C22H20ClFN4O3S/c23-15-4-3-14(17(24)9-15)8-19(29)27-21-20(31-22(25)30)16-5-7-28(12-18(16)32-21)11-13-2-1-6-26-10-13/h1-4,6,9-10H,5,7-8,11-12H2,(H2,25,30)(H,27,29). The Labute approximate surface area is 193 Å². The zero-order chi connectivity index (χ0) is 22.7. The normalized spacial score (nSPS) is 13.4. The molecule has 3 heterocycles. The van der Waals surface area contributed by atoms with Gasteiger partial charge in [0, 0.05) is 47.5 Å². The maximum atomic E-state index is 14.1. The molecule has 4 rings (SSSR count). The van der Waals surface area contributed by atoms with Gasteiger partial charge in [-0.25, -0.2) is 9.18 Å². The second kappa shape index (κ2) is 9.64. The number of fused-ring (bicyclic) bond motifs is 1. The highest BCUT2D eigenvalue weighted by molar-refractivity contribution is 7.17. The molecule has 7 nitrogen and oxygen atoms in total. The van der Waals surface area contributed by atoms with Gasteiger partial charge in [-0.3, -0.25) is 14.7 Å². The van der Waals surface area contributed by atoms with Gasteiger partial charge in [-0.2, -0.15) is 0 Å². The van der Waals surface area contributed by atoms with Crippen LogP contribution in [0, 0.1) is 5.82 Å². The lowest BCUT2D eigenvalue weighted by molar-refractivity contribution is -0.115. The summed E-state index contributed by atoms with van der Waals surface area (Å²) in [5.74, 6) is -0.729. The van der Waals surface area contributed by atoms with Crippen LogP contribution in [-0.2, 0) is 30.7 Å². The van der Waals surface area contributed by atoms with E-state index >= 15 is 0 Å². The molecular weight excluding hydrogens is 455 g/mol. The minimum Gasteiger partial charge on any atom is -0.407 e. The zero-order valence-electron chi connectivity index (χ0n) is 16.9. The highest BCUT2D eigenvalue weighted by Gasteiger charge is 2.27. The summed E-state index contributed by atoms with van der Waals surface area (Å²) in [6.45, 7) is 2.11. The number of carbonyl (C=O) groups is 2. The van der Waals surface area contributed by atoms with E-state index in [1.54, 1.807) is 6.20 Å². The summed E-state index contributed by atoms with van der Waals surface area (Å²) in [5.41, 5.74) is 7.42. The Bertz CT molecular complexity index is 1160. The highest BCUT2D eigenvalue weighted by atomic mass is 35.5. The average Bonchev–Trinajstić information content (AvgIpc) is 3.06. The molecular formula is C22H20ClFN4O3S. The number of hydrogen-bond acceptors (Lipinski definition) is 6. The third kappa shape index (κ3) is 5.24. The molecule has 1 aliphatic heterocycles. The molecule has 32 heavy (non-hydrogen) atoms. The Hall–Kier alpha value is -3.01. The predicted molar refractivity (Wildman–Crippen MR) is 120 cm³/mol. The largest absolute Gasteiger partial charge is 0.410 e. The second-order valence-corrected chi connectivity index (χ2v) is 8.91. The topological polar surface area (TPSA) is 97.6 Å². The first kappa shape index (κ1) is 22.2. The van der Waals surface area contributed by atoms with Crippen molar-refractivity contribution in [3.8, 4) is 5.75 Å². The van der Waals surface area contributed by atoms with E-state index in [0.29, 0.717) is 18.0 Å². The number of rotatable bonds is 6. The van der Waals surface area contributed by atoms with Crippen molar-refractivity contribution in [1.29, 1.82) is 0 Å². The van der Waals surface area contributed by atoms with Crippen LogP contribution in [0.2, 0.25) is 5.02 Å². The molecule has 0 aliphatic carbocycles. The molecule has 166 valence electrons. The molecule has 1 aromatic carbocycles. The fourth-order valence-corrected chi connectivity index (χ4v) is 5.00. The number of pyridine rings is 1. The van der Waals surface area contributed by atoms with Crippen LogP contribution in [0.25, 0.3) is 0 Å². The number of ether oxygens (including phenoxy) is 1. The summed E-state index contributed by atoms with van der Waals surface area (Å²) in [6.07, 6.45) is 3.05. The van der Waals surface area contributed by atoms with Gasteiger partial charge in [0.05, 0.1) is 6.42 Å². The molecule has 3 N–H and O–H groups in total. The maximum absolute atomic E-state index is 14.1. The SMILES string of the molecule is NC(=O)Oc1c(NC(=O)Cc2ccc(Cl)cc2F)sc2c1CCN(Cc1cccnc1)C2. The Balaban J connectivity index is 1.52. The number of nitrogens with two attached hydrogens (primary N) is 1. The molecule has 0 saturated heterocycles. The van der Waals surface area contributed by atoms with Crippen molar-refractivity contribution in [1.82, 2.24) is 9.88 Å². The molecule has 0 unspecified atom stereocenters. The van der Waals surface area contributed by atoms with E-state index in [2.05, 4.69) is 15.2 Å². The van der Waals surface area contributed by atoms with Gasteiger partial charge in [-0.15, -0.1) is 11.3 Å². The van der Waals surface area contributed by atoms with Gasteiger partial charge >= 0.3 is 6.09 Å². The number of hydrogen-bond donors (Lipinski definition) is 2. The van der Waals surface area contributed by atoms with E-state index in [1.165, 1.54) is 23.5 Å². The smallest absolute Gasteiger partial charge is 0.407 e. The van der Waals surface area contributed by atoms with E-state index in [1.807, 2.05) is 18.3 Å². The summed E-state index contributed by atoms with van der Waals surface area (Å²) in [4.78, 5) is 31.4. The van der Waals surface area contributed by atoms with Crippen molar-refractivity contribution in [2.45, 2.75) is 25.9 Å². The second-order valence-electron chi connectivity index (χ2n) is 7.37. The lowest BCUT2D eigenvalue weighted by Crippen LogP contribution is -2.29. The number of aromatic nitrogens is 1. The molecule has 0 bridgehead atoms. The molecule has 0 atom stereocenters. The number of nitrogens with one attached hydrogen (secondary N) is 1. The Morgan fingerprint density at radius 2 is 2.19 bits per heavy atom. The summed E-state index contributed by atoms with van der Waals surface area (Å²) in [7, 11) is 0. The average molecular weight is 475 g/mol. The minimum absolute atomic E-state index is 0.186. The monoisotopic (exact) mass is 474 g/mol. The molecule has 3 aromatic rings. The number of nitrogens with zero attached hydrogens (tertiary/aromatic N) is 2. The third-order valence-electron chi connectivity index (χ3n) is 5.04. The molecule has 0 fully saturated rings. The first-order chi connectivity index (χ1) is 15.4. The number of amides is 2. The molecule has 0 saturated carbocycles. The van der Waals surface area contributed by atoms with Gasteiger partial charge < -0.3 is 15.8 Å². The van der Waals surface area contributed by atoms with Crippen LogP contribution in [0.4, 0.5) is 14.2 Å². The van der Waals surface area contributed by atoms with Gasteiger partial charge in [-0.05, 0) is 35.7 Å². The maximum Gasteiger partial charge on any atom is 0.410 e. The summed E-state index contributed by atoms with van der Waals surface area (Å²) >= 11 is 7.09. The number of anilines is 1. The van der Waals surface area contributed by atoms with Crippen LogP contribution in [-0.4, -0.2) is 28.4 Å². The molecule has 0 spiro atoms. The van der Waals surface area contributed by atoms with Gasteiger partial charge in [-0.1, -0.05) is 23.7 Å². The van der Waals surface area contributed by atoms with E-state index in [-0.39, 0.29) is 22.8 Å². The molecule has 2 amide bonds. The van der Waals surface area contributed by atoms with Gasteiger partial charge in [0.15, 0.2) is 5.75 Å². The van der Waals surface area contributed by atoms with E-state index < -0.39 is 17.8 Å². The van der Waals surface area contributed by atoms with E-state index in [9.17, 15) is 14.0 Å². The van der Waals surface area contributed by atoms with Crippen molar-refractivity contribution in [2.75, 3.05) is 11.9 Å². The van der Waals surface area contributed by atoms with Gasteiger partial charge in [0.2, 0.25) is 5.91 Å². The van der Waals surface area contributed by atoms with E-state index in [0.717, 1.165) is 35.2 Å². The summed E-state index contributed by atoms with van der Waals surface area (Å²) in [6, 6.07) is 8.06. The van der Waals surface area contributed by atoms with Crippen LogP contribution in [0.1, 0.15) is 21.6 Å². The third-order valence-corrected chi connectivity index (χ3v) is 6.39. The van der Waals surface area contributed by atoms with Crippen LogP contribution in [0.5, 0.6) is 5.75 Å². The van der Waals surface area contributed by atoms with Gasteiger partial charge in [0.25, 0.3) is 0 Å². The summed E-state index contributed by atoms with van der Waals surface area (Å²) < 4.78 is 19.3. The van der Waals surface area contributed by atoms with Crippen LogP contribution >= 0.6 is 22.9 Å². The first-order valence-electron chi connectivity index (χ1n) is 9.86. The minimum atomic E-state index is -0.956. The Morgan fingerprint density at radius 3 is 2.91 bits per heavy atom. The highest BCUT2D eigenvalue weighted by Crippen LogP contribution is 2.43. The lowest BCUT2D eigenvalue weighted by Gasteiger charge is -2.26. The number of benzene rings is 1. The fraction of sp³-hybridized carbons (Fsp3) is 0.227. The number of thiophene rings is 1. The van der Waals surface area contributed by atoms with Crippen LogP contribution < -0.4 is 15.8 Å². The van der Waals surface area contributed by atoms with Crippen molar-refractivity contribution in [2.24, 2.45) is 5.73 Å². The van der Waals surface area contributed by atoms with Crippen LogP contribution in [0.3, 0.4) is 0 Å². The first-order valence-corrected chi connectivity index (χ1v) is 11.1. The number of carbonyl (C=O) groups excluding carboxylic acids is 2. The van der Waals surface area contributed by atoms with Crippen LogP contribution in [0.15, 0.2) is 42.7 Å². The molecule has 10 heteroatoms. The van der Waals surface area contributed by atoms with Crippen molar-refractivity contribution in [3.63, 3.8) is 0 Å². The van der Waals surface area contributed by atoms with E-state index in [4.69, 9.17) is 22.1 Å². The summed E-state index contributed by atoms with van der Waals surface area (Å²) in [5, 5.41) is 3.39. The lowest BCUT2D eigenvalue weighted by atomic mass is 10.1. The Kier molecular flexibility index (Phi) is 6.69. The Morgan fingerprint density at radius 1 is 1.34 bits per heavy atom. The van der Waals surface area contributed by atoms with Gasteiger partial charge in [0.1, 0.15) is 10.8 Å². The predicted octanol–water partition coefficient (Wildman–Crippen LogP) is 4.13. The molecule has 0 radical (unpaired) electrons. The molecule has 1 aliphatic rings. The number of primary amides is 1. The van der Waals surface area contributed by atoms with Crippen molar-refractivity contribution < 1.29 is 18.7 Å². The quantitative estimate of drug-likeness (QED) is 0.559. The van der Waals surface area contributed by atoms with Crippen molar-refractivity contribution in [3.05, 3.63) is 75.1 Å².